The molecule has 0 atom stereocenters. The first-order chi connectivity index (χ1) is 11.9. The van der Waals surface area contributed by atoms with E-state index >= 15 is 0 Å². The maximum absolute atomic E-state index is 12.1. The Morgan fingerprint density at radius 3 is 2.60 bits per heavy atom. The Hall–Kier alpha value is -2.37. The Morgan fingerprint density at radius 1 is 1.24 bits per heavy atom. The molecule has 1 aliphatic carbocycles. The summed E-state index contributed by atoms with van der Waals surface area (Å²) in [5.74, 6) is -0.434. The molecule has 25 heavy (non-hydrogen) atoms. The van der Waals surface area contributed by atoms with Crippen molar-refractivity contribution in [3.63, 3.8) is 0 Å². The highest BCUT2D eigenvalue weighted by Gasteiger charge is 2.37. The first-order valence-electron chi connectivity index (χ1n) is 8.67. The third-order valence-electron chi connectivity index (χ3n) is 4.51. The van der Waals surface area contributed by atoms with Crippen LogP contribution >= 0.6 is 0 Å². The second kappa shape index (κ2) is 8.65. The van der Waals surface area contributed by atoms with Crippen LogP contribution in [0.25, 0.3) is 0 Å². The number of carbonyl (C=O) groups is 3. The molecule has 6 heteroatoms. The summed E-state index contributed by atoms with van der Waals surface area (Å²) >= 11 is 0. The van der Waals surface area contributed by atoms with Gasteiger partial charge in [0.15, 0.2) is 5.78 Å². The van der Waals surface area contributed by atoms with E-state index in [1.807, 2.05) is 0 Å². The number of nitrogens with one attached hydrogen (secondary N) is 1. The molecule has 0 unspecified atom stereocenters. The summed E-state index contributed by atoms with van der Waals surface area (Å²) in [6.45, 7) is 1.86. The fraction of sp³-hybridized carbons (Fsp3) is 0.526. The first-order valence-corrected chi connectivity index (χ1v) is 8.67. The molecule has 1 aliphatic rings. The monoisotopic (exact) mass is 347 g/mol. The highest BCUT2D eigenvalue weighted by Crippen LogP contribution is 2.32. The summed E-state index contributed by atoms with van der Waals surface area (Å²) < 4.78 is 5.58. The third-order valence-corrected chi connectivity index (χ3v) is 4.51. The number of ketones is 1. The summed E-state index contributed by atoms with van der Waals surface area (Å²) in [7, 11) is 0. The number of carboxylic acids is 1. The highest BCUT2D eigenvalue weighted by atomic mass is 16.5. The Labute approximate surface area is 147 Å². The lowest BCUT2D eigenvalue weighted by Gasteiger charge is -2.28. The van der Waals surface area contributed by atoms with Gasteiger partial charge in [-0.2, -0.15) is 0 Å². The number of carboxylic acid groups (broad SMARTS) is 1. The molecule has 0 spiro atoms. The molecule has 1 aromatic carbocycles. The van der Waals surface area contributed by atoms with Crippen LogP contribution in [0.2, 0.25) is 0 Å². The van der Waals surface area contributed by atoms with Crippen molar-refractivity contribution < 1.29 is 24.2 Å². The molecule has 2 N–H and O–H groups in total. The Kier molecular flexibility index (Phi) is 6.56. The molecule has 0 aromatic heterocycles. The zero-order valence-corrected chi connectivity index (χ0v) is 14.5. The van der Waals surface area contributed by atoms with Gasteiger partial charge in [-0.15, -0.1) is 0 Å². The number of aliphatic carboxylic acids is 1. The van der Waals surface area contributed by atoms with Crippen molar-refractivity contribution in [2.24, 2.45) is 0 Å². The predicted octanol–water partition coefficient (Wildman–Crippen LogP) is 2.95. The lowest BCUT2D eigenvalue weighted by atomic mass is 9.93. The lowest BCUT2D eigenvalue weighted by Crippen LogP contribution is -2.47. The molecule has 0 aliphatic heterocycles. The predicted molar refractivity (Wildman–Crippen MR) is 92.8 cm³/mol. The molecule has 0 saturated heterocycles. The largest absolute Gasteiger partial charge is 0.494 e. The Balaban J connectivity index is 1.75. The second-order valence-electron chi connectivity index (χ2n) is 6.64. The highest BCUT2D eigenvalue weighted by molar-refractivity contribution is 5.94. The SMILES string of the molecule is CC(=O)c1cccc(OCCCC(=O)NC2(CC(=O)O)CCCC2)c1. The molecule has 0 bridgehead atoms. The number of ether oxygens (including phenoxy) is 1. The van der Waals surface area contributed by atoms with Crippen LogP contribution in [0.4, 0.5) is 0 Å². The third kappa shape index (κ3) is 5.89. The van der Waals surface area contributed by atoms with Crippen LogP contribution in [-0.2, 0) is 9.59 Å². The smallest absolute Gasteiger partial charge is 0.305 e. The number of benzene rings is 1. The number of hydrogen-bond donors (Lipinski definition) is 2. The van der Waals surface area contributed by atoms with E-state index < -0.39 is 11.5 Å². The van der Waals surface area contributed by atoms with Crippen LogP contribution in [0.5, 0.6) is 5.75 Å². The van der Waals surface area contributed by atoms with Gasteiger partial charge in [0.2, 0.25) is 5.91 Å². The normalized spacial score (nSPS) is 15.6. The maximum atomic E-state index is 12.1. The van der Waals surface area contributed by atoms with E-state index in [0.717, 1.165) is 25.7 Å². The van der Waals surface area contributed by atoms with Crippen LogP contribution < -0.4 is 10.1 Å². The van der Waals surface area contributed by atoms with E-state index in [0.29, 0.717) is 24.3 Å². The van der Waals surface area contributed by atoms with Crippen LogP contribution in [0, 0.1) is 0 Å². The minimum absolute atomic E-state index is 0.0208. The maximum Gasteiger partial charge on any atom is 0.305 e. The van der Waals surface area contributed by atoms with Crippen molar-refractivity contribution in [1.82, 2.24) is 5.32 Å². The molecule has 1 saturated carbocycles. The van der Waals surface area contributed by atoms with Gasteiger partial charge in [0.05, 0.1) is 18.6 Å². The van der Waals surface area contributed by atoms with Gasteiger partial charge in [0.1, 0.15) is 5.75 Å². The number of amides is 1. The average Bonchev–Trinajstić information content (AvgIpc) is 2.99. The number of hydrogen-bond acceptors (Lipinski definition) is 4. The van der Waals surface area contributed by atoms with E-state index in [9.17, 15) is 14.4 Å². The van der Waals surface area contributed by atoms with E-state index in [1.54, 1.807) is 24.3 Å². The second-order valence-corrected chi connectivity index (χ2v) is 6.64. The molecule has 1 fully saturated rings. The fourth-order valence-electron chi connectivity index (χ4n) is 3.27. The van der Waals surface area contributed by atoms with Crippen molar-refractivity contribution >= 4 is 17.7 Å². The van der Waals surface area contributed by atoms with Crippen LogP contribution in [0.3, 0.4) is 0 Å². The van der Waals surface area contributed by atoms with Gasteiger partial charge in [0, 0.05) is 12.0 Å². The summed E-state index contributed by atoms with van der Waals surface area (Å²) in [5, 5.41) is 12.0. The first kappa shape index (κ1) is 19.0. The van der Waals surface area contributed by atoms with Gasteiger partial charge in [-0.3, -0.25) is 14.4 Å². The fourth-order valence-corrected chi connectivity index (χ4v) is 3.27. The minimum atomic E-state index is -0.879. The summed E-state index contributed by atoms with van der Waals surface area (Å²) in [6.07, 6.45) is 4.13. The van der Waals surface area contributed by atoms with Gasteiger partial charge >= 0.3 is 5.97 Å². The van der Waals surface area contributed by atoms with E-state index in [2.05, 4.69) is 5.32 Å². The molecule has 2 rings (SSSR count). The average molecular weight is 347 g/mol. The number of carbonyl (C=O) groups excluding carboxylic acids is 2. The number of Topliss-reactive ketones (excluding diaryl/α,β-unsaturated/α-hetero) is 1. The number of rotatable bonds is 9. The van der Waals surface area contributed by atoms with Gasteiger partial charge in [-0.25, -0.2) is 0 Å². The minimum Gasteiger partial charge on any atom is -0.494 e. The standard InChI is InChI=1S/C19H25NO5/c1-14(21)15-6-4-7-16(12-15)25-11-5-8-17(22)20-19(13-18(23)24)9-2-3-10-19/h4,6-7,12H,2-3,5,8-11,13H2,1H3,(H,20,22)(H,23,24). The molecule has 6 nitrogen and oxygen atoms in total. The molecular formula is C19H25NO5. The molecule has 1 aromatic rings. The summed E-state index contributed by atoms with van der Waals surface area (Å²) in [5.41, 5.74) is 0.00616. The molecule has 1 amide bonds. The van der Waals surface area contributed by atoms with E-state index in [1.165, 1.54) is 6.92 Å². The van der Waals surface area contributed by atoms with Gasteiger partial charge in [-0.05, 0) is 38.3 Å². The molecular weight excluding hydrogens is 322 g/mol. The Bertz CT molecular complexity index is 634. The summed E-state index contributed by atoms with van der Waals surface area (Å²) in [6, 6.07) is 6.94. The van der Waals surface area contributed by atoms with Gasteiger partial charge in [-0.1, -0.05) is 25.0 Å². The van der Waals surface area contributed by atoms with Crippen LogP contribution in [0.1, 0.15) is 62.2 Å². The molecule has 0 radical (unpaired) electrons. The van der Waals surface area contributed by atoms with Crippen molar-refractivity contribution in [2.45, 2.75) is 57.4 Å². The van der Waals surface area contributed by atoms with E-state index in [4.69, 9.17) is 9.84 Å². The van der Waals surface area contributed by atoms with E-state index in [-0.39, 0.29) is 24.5 Å². The van der Waals surface area contributed by atoms with Crippen molar-refractivity contribution in [3.05, 3.63) is 29.8 Å². The zero-order chi connectivity index (χ0) is 18.3. The molecule has 136 valence electrons. The van der Waals surface area contributed by atoms with Crippen LogP contribution in [-0.4, -0.2) is 34.9 Å². The lowest BCUT2D eigenvalue weighted by molar-refractivity contribution is -0.139. The molecule has 0 heterocycles. The van der Waals surface area contributed by atoms with Crippen molar-refractivity contribution in [1.29, 1.82) is 0 Å². The van der Waals surface area contributed by atoms with Gasteiger partial charge in [0.25, 0.3) is 0 Å². The van der Waals surface area contributed by atoms with Gasteiger partial charge < -0.3 is 15.2 Å². The zero-order valence-electron chi connectivity index (χ0n) is 14.5. The van der Waals surface area contributed by atoms with Crippen molar-refractivity contribution in [2.75, 3.05) is 6.61 Å². The Morgan fingerprint density at radius 2 is 1.96 bits per heavy atom. The summed E-state index contributed by atoms with van der Waals surface area (Å²) in [4.78, 5) is 34.5. The van der Waals surface area contributed by atoms with Crippen molar-refractivity contribution in [3.8, 4) is 5.75 Å². The quantitative estimate of drug-likeness (QED) is 0.529. The topological polar surface area (TPSA) is 92.7 Å². The van der Waals surface area contributed by atoms with Crippen LogP contribution in [0.15, 0.2) is 24.3 Å².